The van der Waals surface area contributed by atoms with Gasteiger partial charge in [0.2, 0.25) is 0 Å². The highest BCUT2D eigenvalue weighted by Gasteiger charge is 2.69. The van der Waals surface area contributed by atoms with Crippen molar-refractivity contribution in [3.8, 4) is 0 Å². The van der Waals surface area contributed by atoms with E-state index in [2.05, 4.69) is 0 Å². The minimum absolute atomic E-state index is 0.0237. The van der Waals surface area contributed by atoms with Crippen LogP contribution in [0.1, 0.15) is 79.6 Å². The summed E-state index contributed by atoms with van der Waals surface area (Å²) in [7, 11) is 0. The maximum absolute atomic E-state index is 13.5. The van der Waals surface area contributed by atoms with Crippen LogP contribution in [0.15, 0.2) is 11.6 Å². The molecule has 5 rings (SSSR count). The van der Waals surface area contributed by atoms with Gasteiger partial charge in [-0.1, -0.05) is 20.8 Å². The molecule has 5 aliphatic rings. The first-order valence-corrected chi connectivity index (χ1v) is 13.9. The number of ether oxygens (including phenoxy) is 1. The molecular weight excluding hydrogens is 476 g/mol. The van der Waals surface area contributed by atoms with Gasteiger partial charge in [0.05, 0.1) is 23.7 Å². The van der Waals surface area contributed by atoms with Crippen LogP contribution in [0.4, 0.5) is 0 Å². The molecule has 0 aromatic heterocycles. The molecule has 1 aliphatic heterocycles. The third-order valence-corrected chi connectivity index (χ3v) is 11.7. The van der Waals surface area contributed by atoms with Gasteiger partial charge in [0, 0.05) is 29.6 Å². The molecule has 1 heterocycles. The molecule has 12 atom stereocenters. The number of aliphatic hydroxyl groups excluding tert-OH is 2. The Bertz CT molecular complexity index is 1050. The fourth-order valence-electron chi connectivity index (χ4n) is 9.19. The van der Waals surface area contributed by atoms with Crippen LogP contribution in [-0.2, 0) is 19.1 Å². The SMILES string of the molecule is C[C@@H]1C(=O)O[C@H](C)[C@H]1CC(=O)[C@](C)(O)[C@H]1CC[C@@]2(O)C3=CC(=O)[C@@H]4C[C@@H](O)[C@@H](O)C[C@]4(C)C3CC[C@]12C. The monoisotopic (exact) mass is 518 g/mol. The number of aliphatic hydroxyl groups is 4. The number of ketones is 2. The Hall–Kier alpha value is -1.61. The van der Waals surface area contributed by atoms with Gasteiger partial charge < -0.3 is 25.2 Å². The fraction of sp³-hybridized carbons (Fsp3) is 0.828. The number of Topliss-reactive ketones (excluding diaryl/α,β-unsaturated/α-hetero) is 1. The summed E-state index contributed by atoms with van der Waals surface area (Å²) in [5, 5.41) is 44.8. The van der Waals surface area contributed by atoms with Crippen LogP contribution in [0.2, 0.25) is 0 Å². The Kier molecular flexibility index (Phi) is 6.16. The summed E-state index contributed by atoms with van der Waals surface area (Å²) in [6, 6.07) is 0. The quantitative estimate of drug-likeness (QED) is 0.415. The summed E-state index contributed by atoms with van der Waals surface area (Å²) in [6.07, 6.45) is 1.83. The standard InChI is InChI=1S/C29H42O8/c1-14-16(15(2)37-25(14)34)10-24(33)28(5,35)23-7-9-29(36)18-11-20(30)19-12-21(31)22(32)13-26(19,3)17(18)6-8-27(23,29)4/h11,14-17,19,21-23,31-32,35-36H,6-10,12-13H2,1-5H3/t14-,15+,16-,17?,19-,21+,22-,23-,26+,27+,28+,29+/m0/s1. The van der Waals surface area contributed by atoms with Gasteiger partial charge in [0.1, 0.15) is 11.7 Å². The van der Waals surface area contributed by atoms with E-state index < -0.39 is 58.1 Å². The van der Waals surface area contributed by atoms with E-state index in [-0.39, 0.29) is 48.6 Å². The molecule has 206 valence electrons. The number of cyclic esters (lactones) is 1. The van der Waals surface area contributed by atoms with Gasteiger partial charge in [0.25, 0.3) is 0 Å². The summed E-state index contributed by atoms with van der Waals surface area (Å²) in [5.41, 5.74) is -3.81. The average Bonchev–Trinajstić information content (AvgIpc) is 3.23. The maximum Gasteiger partial charge on any atom is 0.309 e. The van der Waals surface area contributed by atoms with Gasteiger partial charge in [-0.05, 0) is 75.4 Å². The summed E-state index contributed by atoms with van der Waals surface area (Å²) >= 11 is 0. The Balaban J connectivity index is 1.45. The first-order valence-electron chi connectivity index (χ1n) is 13.9. The highest BCUT2D eigenvalue weighted by molar-refractivity contribution is 5.95. The van der Waals surface area contributed by atoms with Crippen molar-refractivity contribution in [2.24, 2.45) is 40.4 Å². The van der Waals surface area contributed by atoms with Crippen molar-refractivity contribution < 1.29 is 39.5 Å². The normalized spacial score (nSPS) is 50.9. The Labute approximate surface area is 218 Å². The van der Waals surface area contributed by atoms with Crippen molar-refractivity contribution in [2.75, 3.05) is 0 Å². The van der Waals surface area contributed by atoms with Gasteiger partial charge in [-0.15, -0.1) is 0 Å². The largest absolute Gasteiger partial charge is 0.462 e. The minimum atomic E-state index is -1.71. The Morgan fingerprint density at radius 1 is 1.11 bits per heavy atom. The third-order valence-electron chi connectivity index (χ3n) is 11.7. The second-order valence-corrected chi connectivity index (χ2v) is 13.5. The predicted molar refractivity (Wildman–Crippen MR) is 133 cm³/mol. The van der Waals surface area contributed by atoms with Crippen LogP contribution in [0.5, 0.6) is 0 Å². The highest BCUT2D eigenvalue weighted by atomic mass is 16.6. The van der Waals surface area contributed by atoms with E-state index >= 15 is 0 Å². The molecule has 3 saturated carbocycles. The second-order valence-electron chi connectivity index (χ2n) is 13.5. The van der Waals surface area contributed by atoms with E-state index in [1.165, 1.54) is 6.92 Å². The molecular formula is C29H42O8. The van der Waals surface area contributed by atoms with E-state index in [1.54, 1.807) is 19.9 Å². The molecule has 37 heavy (non-hydrogen) atoms. The van der Waals surface area contributed by atoms with Crippen LogP contribution < -0.4 is 0 Å². The van der Waals surface area contributed by atoms with Crippen molar-refractivity contribution in [1.29, 1.82) is 0 Å². The van der Waals surface area contributed by atoms with Gasteiger partial charge >= 0.3 is 5.97 Å². The molecule has 0 radical (unpaired) electrons. The van der Waals surface area contributed by atoms with Crippen molar-refractivity contribution in [1.82, 2.24) is 0 Å². The maximum atomic E-state index is 13.5. The molecule has 0 spiro atoms. The van der Waals surface area contributed by atoms with Crippen LogP contribution in [0.25, 0.3) is 0 Å². The minimum Gasteiger partial charge on any atom is -0.462 e. The number of carbonyl (C=O) groups excluding carboxylic acids is 3. The number of allylic oxidation sites excluding steroid dienone is 1. The van der Waals surface area contributed by atoms with Gasteiger partial charge in [0.15, 0.2) is 11.6 Å². The third kappa shape index (κ3) is 3.58. The molecule has 4 N–H and O–H groups in total. The molecule has 1 unspecified atom stereocenters. The van der Waals surface area contributed by atoms with Crippen molar-refractivity contribution in [2.45, 2.75) is 109 Å². The van der Waals surface area contributed by atoms with Crippen LogP contribution in [-0.4, -0.2) is 67.5 Å². The topological polar surface area (TPSA) is 141 Å². The molecule has 4 fully saturated rings. The number of rotatable bonds is 4. The molecule has 4 aliphatic carbocycles. The average molecular weight is 519 g/mol. The lowest BCUT2D eigenvalue weighted by Gasteiger charge is -2.60. The summed E-state index contributed by atoms with van der Waals surface area (Å²) in [4.78, 5) is 38.9. The fourth-order valence-corrected chi connectivity index (χ4v) is 9.19. The van der Waals surface area contributed by atoms with Crippen molar-refractivity contribution in [3.05, 3.63) is 11.6 Å². The molecule has 8 heteroatoms. The number of carbonyl (C=O) groups is 3. The smallest absolute Gasteiger partial charge is 0.309 e. The van der Waals surface area contributed by atoms with E-state index in [9.17, 15) is 34.8 Å². The van der Waals surface area contributed by atoms with E-state index in [0.717, 1.165) is 0 Å². The molecule has 1 saturated heterocycles. The van der Waals surface area contributed by atoms with Crippen molar-refractivity contribution in [3.63, 3.8) is 0 Å². The number of hydrogen-bond donors (Lipinski definition) is 4. The molecule has 0 amide bonds. The lowest BCUT2D eigenvalue weighted by Crippen LogP contribution is -2.62. The predicted octanol–water partition coefficient (Wildman–Crippen LogP) is 2.10. The van der Waals surface area contributed by atoms with Crippen LogP contribution in [0.3, 0.4) is 0 Å². The van der Waals surface area contributed by atoms with E-state index in [0.29, 0.717) is 31.3 Å². The van der Waals surface area contributed by atoms with E-state index in [1.807, 2.05) is 13.8 Å². The summed E-state index contributed by atoms with van der Waals surface area (Å²) in [5.74, 6) is -2.59. The van der Waals surface area contributed by atoms with Gasteiger partial charge in [-0.2, -0.15) is 0 Å². The second kappa shape index (κ2) is 8.44. The molecule has 8 nitrogen and oxygen atoms in total. The molecule has 0 aromatic rings. The Morgan fingerprint density at radius 2 is 1.78 bits per heavy atom. The Morgan fingerprint density at radius 3 is 2.41 bits per heavy atom. The zero-order chi connectivity index (χ0) is 27.3. The van der Waals surface area contributed by atoms with Crippen LogP contribution >= 0.6 is 0 Å². The number of esters is 1. The lowest BCUT2D eigenvalue weighted by molar-refractivity contribution is -0.167. The zero-order valence-electron chi connectivity index (χ0n) is 22.6. The summed E-state index contributed by atoms with van der Waals surface area (Å²) in [6.45, 7) is 8.97. The van der Waals surface area contributed by atoms with Gasteiger partial charge in [-0.3, -0.25) is 14.4 Å². The molecule has 0 aromatic carbocycles. The molecule has 0 bridgehead atoms. The first-order chi connectivity index (χ1) is 17.1. The van der Waals surface area contributed by atoms with E-state index in [4.69, 9.17) is 4.74 Å². The van der Waals surface area contributed by atoms with Crippen LogP contribution in [0, 0.1) is 40.4 Å². The van der Waals surface area contributed by atoms with Gasteiger partial charge in [-0.25, -0.2) is 0 Å². The van der Waals surface area contributed by atoms with Crippen molar-refractivity contribution >= 4 is 17.5 Å². The highest BCUT2D eigenvalue weighted by Crippen LogP contribution is 2.68. The number of fused-ring (bicyclic) bond motifs is 5. The number of hydrogen-bond acceptors (Lipinski definition) is 8. The summed E-state index contributed by atoms with van der Waals surface area (Å²) < 4.78 is 5.30. The lowest BCUT2D eigenvalue weighted by atomic mass is 9.45. The first kappa shape index (κ1) is 27.0. The zero-order valence-corrected chi connectivity index (χ0v) is 22.6.